The van der Waals surface area contributed by atoms with E-state index in [-0.39, 0.29) is 18.4 Å². The molecule has 142 valence electrons. The fraction of sp³-hybridized carbons (Fsp3) is 0.400. The normalized spacial score (nSPS) is 13.3. The molecule has 0 heterocycles. The van der Waals surface area contributed by atoms with Gasteiger partial charge in [0.25, 0.3) is 0 Å². The Balaban J connectivity index is 1.86. The van der Waals surface area contributed by atoms with E-state index in [1.807, 2.05) is 31.3 Å². The molecule has 2 aromatic carbocycles. The first-order valence-corrected chi connectivity index (χ1v) is 8.64. The van der Waals surface area contributed by atoms with Crippen molar-refractivity contribution < 1.29 is 20.1 Å². The topological polar surface area (TPSA) is 85.2 Å². The number of phenols is 1. The number of nitrogens with one attached hydrogen (secondary N) is 1. The number of aliphatic hydroxyl groups excluding tert-OH is 2. The minimum absolute atomic E-state index is 0.0332. The van der Waals surface area contributed by atoms with Crippen LogP contribution in [-0.4, -0.2) is 48.6 Å². The molecular weight excluding hydrogens is 332 g/mol. The maximum absolute atomic E-state index is 10.3. The Morgan fingerprint density at radius 1 is 1.15 bits per heavy atom. The first-order valence-electron chi connectivity index (χ1n) is 8.64. The minimum atomic E-state index is -0.713. The lowest BCUT2D eigenvalue weighted by Gasteiger charge is -2.25. The van der Waals surface area contributed by atoms with Gasteiger partial charge in [-0.25, -0.2) is 0 Å². The van der Waals surface area contributed by atoms with E-state index in [4.69, 9.17) is 4.74 Å². The van der Waals surface area contributed by atoms with E-state index >= 15 is 0 Å². The predicted molar refractivity (Wildman–Crippen MR) is 103 cm³/mol. The number of nitrogens with zero attached hydrogens (tertiary/aromatic N) is 1. The van der Waals surface area contributed by atoms with Gasteiger partial charge >= 0.3 is 0 Å². The summed E-state index contributed by atoms with van der Waals surface area (Å²) in [7, 11) is 3.66. The molecule has 0 bridgehead atoms. The van der Waals surface area contributed by atoms with E-state index in [1.54, 1.807) is 19.2 Å². The van der Waals surface area contributed by atoms with Crippen molar-refractivity contribution in [3.05, 3.63) is 53.6 Å². The first kappa shape index (κ1) is 20.0. The Morgan fingerprint density at radius 2 is 1.85 bits per heavy atom. The van der Waals surface area contributed by atoms with E-state index in [2.05, 4.69) is 17.1 Å². The van der Waals surface area contributed by atoms with Crippen molar-refractivity contribution in [2.24, 2.45) is 0 Å². The number of likely N-dealkylation sites (N-methyl/N-ethyl adjacent to an activating group) is 1. The Bertz CT molecular complexity index is 691. The third-order valence-corrected chi connectivity index (χ3v) is 4.38. The van der Waals surface area contributed by atoms with Crippen molar-refractivity contribution in [3.63, 3.8) is 0 Å². The molecule has 2 unspecified atom stereocenters. The molecule has 0 saturated carbocycles. The van der Waals surface area contributed by atoms with Crippen molar-refractivity contribution >= 4 is 5.69 Å². The molecular formula is C20H28N2O4. The third-order valence-electron chi connectivity index (χ3n) is 4.38. The average Bonchev–Trinajstić information content (AvgIpc) is 2.66. The highest BCUT2D eigenvalue weighted by molar-refractivity contribution is 5.48. The van der Waals surface area contributed by atoms with Crippen molar-refractivity contribution in [1.29, 1.82) is 0 Å². The summed E-state index contributed by atoms with van der Waals surface area (Å²) in [6.45, 7) is 2.95. The third kappa shape index (κ3) is 5.36. The zero-order valence-electron chi connectivity index (χ0n) is 15.5. The van der Waals surface area contributed by atoms with Crippen LogP contribution in [0.3, 0.4) is 0 Å². The lowest BCUT2D eigenvalue weighted by Crippen LogP contribution is -2.39. The molecule has 0 aliphatic heterocycles. The van der Waals surface area contributed by atoms with Gasteiger partial charge in [0, 0.05) is 37.4 Å². The maximum Gasteiger partial charge on any atom is 0.121 e. The number of hydrogen-bond donors (Lipinski definition) is 4. The number of rotatable bonds is 9. The molecule has 2 rings (SSSR count). The number of benzene rings is 2. The molecule has 2 aromatic rings. The highest BCUT2D eigenvalue weighted by Crippen LogP contribution is 2.22. The number of aliphatic hydroxyl groups is 2. The first-order chi connectivity index (χ1) is 12.4. The highest BCUT2D eigenvalue weighted by Gasteiger charge is 2.13. The van der Waals surface area contributed by atoms with Gasteiger partial charge < -0.3 is 30.3 Å². The van der Waals surface area contributed by atoms with Crippen LogP contribution in [0.4, 0.5) is 5.69 Å². The molecule has 0 amide bonds. The number of hydrogen-bond acceptors (Lipinski definition) is 6. The molecule has 2 atom stereocenters. The summed E-state index contributed by atoms with van der Waals surface area (Å²) in [5.74, 6) is 0.860. The molecule has 4 N–H and O–H groups in total. The average molecular weight is 360 g/mol. The van der Waals surface area contributed by atoms with E-state index in [0.717, 1.165) is 18.0 Å². The van der Waals surface area contributed by atoms with Crippen molar-refractivity contribution in [2.45, 2.75) is 25.7 Å². The number of ether oxygens (including phenoxy) is 1. The molecule has 26 heavy (non-hydrogen) atoms. The van der Waals surface area contributed by atoms with Gasteiger partial charge in [-0.3, -0.25) is 0 Å². The summed E-state index contributed by atoms with van der Waals surface area (Å²) in [5.41, 5.74) is 2.16. The van der Waals surface area contributed by atoms with Gasteiger partial charge in [0.05, 0.1) is 19.8 Å². The van der Waals surface area contributed by atoms with E-state index in [1.165, 1.54) is 6.07 Å². The zero-order valence-corrected chi connectivity index (χ0v) is 15.5. The summed E-state index contributed by atoms with van der Waals surface area (Å²) in [6, 6.07) is 12.8. The van der Waals surface area contributed by atoms with Crippen molar-refractivity contribution in [3.8, 4) is 11.5 Å². The second kappa shape index (κ2) is 9.43. The summed E-state index contributed by atoms with van der Waals surface area (Å²) in [4.78, 5) is 2.13. The number of aromatic hydroxyl groups is 1. The van der Waals surface area contributed by atoms with Crippen LogP contribution in [0.25, 0.3) is 0 Å². The Morgan fingerprint density at radius 3 is 2.46 bits per heavy atom. The number of anilines is 1. The van der Waals surface area contributed by atoms with Crippen LogP contribution in [-0.2, 0) is 6.61 Å². The molecule has 0 saturated heterocycles. The highest BCUT2D eigenvalue weighted by atomic mass is 16.5. The number of methoxy groups -OCH3 is 1. The van der Waals surface area contributed by atoms with Crippen molar-refractivity contribution in [2.75, 3.05) is 32.1 Å². The van der Waals surface area contributed by atoms with Crippen LogP contribution >= 0.6 is 0 Å². The van der Waals surface area contributed by atoms with E-state index in [0.29, 0.717) is 17.7 Å². The van der Waals surface area contributed by atoms with Crippen LogP contribution < -0.4 is 15.0 Å². The molecule has 0 fully saturated rings. The molecule has 0 spiro atoms. The zero-order chi connectivity index (χ0) is 19.1. The SMILES string of the molecule is COc1ccc(N(C)CC(C)NCC(O)c2ccc(O)c(CO)c2)cc1. The maximum atomic E-state index is 10.3. The van der Waals surface area contributed by atoms with Gasteiger partial charge in [0.2, 0.25) is 0 Å². The Labute approximate surface area is 154 Å². The Hall–Kier alpha value is -2.28. The van der Waals surface area contributed by atoms with Gasteiger partial charge in [0.1, 0.15) is 11.5 Å². The van der Waals surface area contributed by atoms with Crippen LogP contribution in [0.5, 0.6) is 11.5 Å². The van der Waals surface area contributed by atoms with E-state index < -0.39 is 6.10 Å². The fourth-order valence-electron chi connectivity index (χ4n) is 2.79. The fourth-order valence-corrected chi connectivity index (χ4v) is 2.79. The Kier molecular flexibility index (Phi) is 7.26. The molecule has 6 heteroatoms. The standard InChI is InChI=1S/C20H28N2O4/c1-14(12-22(2)17-5-7-18(26-3)8-6-17)21-11-20(25)15-4-9-19(24)16(10-15)13-23/h4-10,14,20-21,23-25H,11-13H2,1-3H3. The molecule has 6 nitrogen and oxygen atoms in total. The van der Waals surface area contributed by atoms with E-state index in [9.17, 15) is 15.3 Å². The summed E-state index contributed by atoms with van der Waals surface area (Å²) in [6.07, 6.45) is -0.713. The van der Waals surface area contributed by atoms with Gasteiger partial charge in [-0.2, -0.15) is 0 Å². The van der Waals surface area contributed by atoms with Gasteiger partial charge in [-0.15, -0.1) is 0 Å². The van der Waals surface area contributed by atoms with Gasteiger partial charge in [-0.05, 0) is 48.9 Å². The monoisotopic (exact) mass is 360 g/mol. The van der Waals surface area contributed by atoms with Crippen LogP contribution in [0.1, 0.15) is 24.2 Å². The second-order valence-electron chi connectivity index (χ2n) is 6.45. The smallest absolute Gasteiger partial charge is 0.121 e. The second-order valence-corrected chi connectivity index (χ2v) is 6.45. The van der Waals surface area contributed by atoms with Gasteiger partial charge in [-0.1, -0.05) is 6.07 Å². The molecule has 0 aromatic heterocycles. The summed E-state index contributed by atoms with van der Waals surface area (Å²) < 4.78 is 5.17. The summed E-state index contributed by atoms with van der Waals surface area (Å²) >= 11 is 0. The van der Waals surface area contributed by atoms with Crippen LogP contribution in [0.15, 0.2) is 42.5 Å². The largest absolute Gasteiger partial charge is 0.508 e. The summed E-state index contributed by atoms with van der Waals surface area (Å²) in [5, 5.41) is 32.5. The lowest BCUT2D eigenvalue weighted by molar-refractivity contribution is 0.170. The molecule has 0 aliphatic carbocycles. The van der Waals surface area contributed by atoms with Gasteiger partial charge in [0.15, 0.2) is 0 Å². The molecule has 0 radical (unpaired) electrons. The van der Waals surface area contributed by atoms with Crippen LogP contribution in [0, 0.1) is 0 Å². The quantitative estimate of drug-likeness (QED) is 0.548. The van der Waals surface area contributed by atoms with Crippen LogP contribution in [0.2, 0.25) is 0 Å². The molecule has 0 aliphatic rings. The predicted octanol–water partition coefficient (Wildman–Crippen LogP) is 2.04. The minimum Gasteiger partial charge on any atom is -0.508 e. The lowest BCUT2D eigenvalue weighted by atomic mass is 10.1. The van der Waals surface area contributed by atoms with Crippen molar-refractivity contribution in [1.82, 2.24) is 5.32 Å².